The summed E-state index contributed by atoms with van der Waals surface area (Å²) in [6, 6.07) is 7.75. The normalized spacial score (nSPS) is 13.2. The summed E-state index contributed by atoms with van der Waals surface area (Å²) in [6.45, 7) is 0. The van der Waals surface area contributed by atoms with E-state index < -0.39 is 10.2 Å². The lowest BCUT2D eigenvalue weighted by Crippen LogP contribution is -2.68. The minimum Gasteiger partial charge on any atom is -0.267 e. The standard InChI is InChI=1S/C11H6NO2.ClHO4/c13-10-5-9-8-4-2-1-3-7(8)6-14-11(9)12-10;2-1(3,4)5/h1-6H;(H,2,3,4,5)/q+1;/p-1. The van der Waals surface area contributed by atoms with Gasteiger partial charge in [0.2, 0.25) is 0 Å². The Hall–Kier alpha value is -1.90. The third-order valence-electron chi connectivity index (χ3n) is 2.26. The number of hydrogen-bond donors (Lipinski definition) is 0. The molecule has 0 N–H and O–H groups in total. The number of hydrogen-bond acceptors (Lipinski definition) is 5. The van der Waals surface area contributed by atoms with E-state index in [2.05, 4.69) is 4.99 Å². The maximum Gasteiger partial charge on any atom is 0.463 e. The van der Waals surface area contributed by atoms with E-state index in [1.807, 2.05) is 24.3 Å². The highest BCUT2D eigenvalue weighted by Gasteiger charge is 2.15. The average molecular weight is 284 g/mol. The van der Waals surface area contributed by atoms with Crippen molar-refractivity contribution in [3.05, 3.63) is 41.3 Å². The number of fused-ring (bicyclic) bond motifs is 3. The van der Waals surface area contributed by atoms with Gasteiger partial charge in [0.1, 0.15) is 5.22 Å². The zero-order valence-electron chi connectivity index (χ0n) is 9.24. The number of benzene rings is 1. The molecule has 1 amide bonds. The number of nitrogens with zero attached hydrogens (tertiary/aromatic N) is 1. The maximum absolute atomic E-state index is 11.1. The van der Waals surface area contributed by atoms with E-state index in [1.54, 1.807) is 6.26 Å². The zero-order chi connectivity index (χ0) is 14.0. The van der Waals surface area contributed by atoms with E-state index in [1.165, 1.54) is 6.08 Å². The highest BCUT2D eigenvalue weighted by molar-refractivity contribution is 6.08. The fourth-order valence-corrected chi connectivity index (χ4v) is 1.62. The molecular weight excluding hydrogens is 278 g/mol. The Morgan fingerprint density at radius 1 is 1.11 bits per heavy atom. The van der Waals surface area contributed by atoms with Crippen LogP contribution >= 0.6 is 0 Å². The first-order chi connectivity index (χ1) is 8.84. The molecule has 3 rings (SSSR count). The first kappa shape index (κ1) is 13.5. The molecule has 98 valence electrons. The quantitative estimate of drug-likeness (QED) is 0.451. The van der Waals surface area contributed by atoms with Crippen molar-refractivity contribution in [2.75, 3.05) is 0 Å². The van der Waals surface area contributed by atoms with Crippen LogP contribution in [0.5, 0.6) is 0 Å². The first-order valence-corrected chi connectivity index (χ1v) is 6.14. The molecule has 1 aromatic carbocycles. The van der Waals surface area contributed by atoms with Crippen molar-refractivity contribution in [3.8, 4) is 0 Å². The summed E-state index contributed by atoms with van der Waals surface area (Å²) in [4.78, 5) is 14.8. The molecule has 1 aliphatic heterocycles. The van der Waals surface area contributed by atoms with Crippen molar-refractivity contribution in [2.24, 2.45) is 4.99 Å². The summed E-state index contributed by atoms with van der Waals surface area (Å²) in [5.74, 6) is -0.250. The van der Waals surface area contributed by atoms with E-state index in [9.17, 15) is 4.79 Å². The number of halogens is 1. The SMILES string of the molecule is O=C1C=c2c([o+]cc3ccccc23)=N1.[O-][Cl+3]([O-])([O-])[O-]. The van der Waals surface area contributed by atoms with Gasteiger partial charge in [-0.3, -0.25) is 4.79 Å². The van der Waals surface area contributed by atoms with Crippen LogP contribution in [-0.2, 0) is 4.79 Å². The minimum absolute atomic E-state index is 0.250. The second kappa shape index (κ2) is 5.00. The first-order valence-electron chi connectivity index (χ1n) is 4.90. The molecule has 0 fully saturated rings. The monoisotopic (exact) mass is 283 g/mol. The van der Waals surface area contributed by atoms with E-state index in [0.29, 0.717) is 5.55 Å². The van der Waals surface area contributed by atoms with Crippen LogP contribution < -0.4 is 29.4 Å². The van der Waals surface area contributed by atoms with E-state index in [-0.39, 0.29) is 5.91 Å². The Morgan fingerprint density at radius 2 is 1.74 bits per heavy atom. The van der Waals surface area contributed by atoms with Crippen molar-refractivity contribution in [2.45, 2.75) is 0 Å². The third kappa shape index (κ3) is 3.53. The Bertz CT molecular complexity index is 746. The molecule has 2 heterocycles. The zero-order valence-corrected chi connectivity index (χ0v) is 9.99. The van der Waals surface area contributed by atoms with Crippen LogP contribution in [-0.4, -0.2) is 5.91 Å². The lowest BCUT2D eigenvalue weighted by atomic mass is 10.1. The van der Waals surface area contributed by atoms with Crippen LogP contribution in [0.3, 0.4) is 0 Å². The summed E-state index contributed by atoms with van der Waals surface area (Å²) in [7, 11) is -4.94. The Kier molecular flexibility index (Phi) is 3.56. The fraction of sp³-hybridized carbons (Fsp3) is 0. The van der Waals surface area contributed by atoms with Crippen molar-refractivity contribution in [1.82, 2.24) is 0 Å². The molecule has 0 radical (unpaired) electrons. The van der Waals surface area contributed by atoms with Gasteiger partial charge in [0, 0.05) is 11.5 Å². The van der Waals surface area contributed by atoms with Crippen molar-refractivity contribution in [1.29, 1.82) is 0 Å². The van der Waals surface area contributed by atoms with Crippen LogP contribution in [0.1, 0.15) is 0 Å². The second-order valence-corrected chi connectivity index (χ2v) is 4.27. The molecule has 0 saturated carbocycles. The second-order valence-electron chi connectivity index (χ2n) is 3.51. The summed E-state index contributed by atoms with van der Waals surface area (Å²) in [5, 5.41) is 2.77. The highest BCUT2D eigenvalue weighted by Crippen LogP contribution is 2.07. The lowest BCUT2D eigenvalue weighted by Gasteiger charge is -2.17. The Labute approximate surface area is 108 Å². The van der Waals surface area contributed by atoms with Crippen molar-refractivity contribution >= 4 is 22.8 Å². The molecule has 7 nitrogen and oxygen atoms in total. The fourth-order valence-electron chi connectivity index (χ4n) is 1.62. The molecule has 0 unspecified atom stereocenters. The van der Waals surface area contributed by atoms with Crippen molar-refractivity contribution < 1.29 is 38.1 Å². The molecule has 0 atom stereocenters. The highest BCUT2D eigenvalue weighted by atomic mass is 35.7. The van der Waals surface area contributed by atoms with Crippen LogP contribution in [0.15, 0.2) is 39.9 Å². The van der Waals surface area contributed by atoms with Gasteiger partial charge in [-0.2, -0.15) is 4.42 Å². The van der Waals surface area contributed by atoms with E-state index >= 15 is 0 Å². The Morgan fingerprint density at radius 3 is 2.42 bits per heavy atom. The van der Waals surface area contributed by atoms with Crippen molar-refractivity contribution in [3.63, 3.8) is 0 Å². The summed E-state index contributed by atoms with van der Waals surface area (Å²) in [6.07, 6.45) is 3.12. The number of carbonyl (C=O) groups is 1. The van der Waals surface area contributed by atoms with Crippen LogP contribution in [0.4, 0.5) is 0 Å². The number of carbonyl (C=O) groups excluding carboxylic acids is 1. The number of amides is 1. The average Bonchev–Trinajstić information content (AvgIpc) is 2.67. The molecule has 1 aliphatic rings. The van der Waals surface area contributed by atoms with Crippen LogP contribution in [0, 0.1) is 10.2 Å². The lowest BCUT2D eigenvalue weighted by molar-refractivity contribution is -2.00. The van der Waals surface area contributed by atoms with Gasteiger partial charge in [-0.1, -0.05) is 18.2 Å². The van der Waals surface area contributed by atoms with E-state index in [0.717, 1.165) is 16.0 Å². The predicted octanol–water partition coefficient (Wildman–Crippen LogP) is -4.10. The van der Waals surface area contributed by atoms with E-state index in [4.69, 9.17) is 23.1 Å². The van der Waals surface area contributed by atoms with Gasteiger partial charge in [-0.15, -0.1) is 15.2 Å². The van der Waals surface area contributed by atoms with Gasteiger partial charge in [-0.05, 0) is 6.07 Å². The van der Waals surface area contributed by atoms with Gasteiger partial charge in [-0.25, -0.2) is 18.6 Å². The minimum atomic E-state index is -4.94. The molecule has 0 saturated heterocycles. The molecule has 0 spiro atoms. The Balaban J connectivity index is 0.000000232. The molecule has 1 aromatic heterocycles. The number of rotatable bonds is 0. The summed E-state index contributed by atoms with van der Waals surface area (Å²) < 4.78 is 39.2. The smallest absolute Gasteiger partial charge is 0.267 e. The predicted molar refractivity (Wildman–Crippen MR) is 50.9 cm³/mol. The van der Waals surface area contributed by atoms with Gasteiger partial charge >= 0.3 is 11.8 Å². The third-order valence-corrected chi connectivity index (χ3v) is 2.26. The summed E-state index contributed by atoms with van der Waals surface area (Å²) >= 11 is 0. The largest absolute Gasteiger partial charge is 0.463 e. The van der Waals surface area contributed by atoms with Gasteiger partial charge in [0.05, 0.1) is 5.39 Å². The molecule has 0 aliphatic carbocycles. The topological polar surface area (TPSA) is 133 Å². The van der Waals surface area contributed by atoms with Crippen LogP contribution in [0.25, 0.3) is 16.8 Å². The van der Waals surface area contributed by atoms with Gasteiger partial charge < -0.3 is 0 Å². The molecule has 2 aromatic rings. The maximum atomic E-state index is 11.1. The van der Waals surface area contributed by atoms with Gasteiger partial charge in [0.15, 0.2) is 0 Å². The molecule has 8 heteroatoms. The molecule has 19 heavy (non-hydrogen) atoms. The van der Waals surface area contributed by atoms with Crippen LogP contribution in [0.2, 0.25) is 0 Å². The molecular formula is C11H6ClNO6. The molecule has 0 bridgehead atoms. The summed E-state index contributed by atoms with van der Waals surface area (Å²) in [5.41, 5.74) is 0.411. The van der Waals surface area contributed by atoms with Gasteiger partial charge in [0.25, 0.3) is 5.91 Å².